The normalized spacial score (nSPS) is 22.1. The lowest BCUT2D eigenvalue weighted by molar-refractivity contribution is -0.120. The van der Waals surface area contributed by atoms with Gasteiger partial charge >= 0.3 is 0 Å². The third kappa shape index (κ3) is 2.34. The van der Waals surface area contributed by atoms with Crippen molar-refractivity contribution in [3.8, 4) is 5.75 Å². The van der Waals surface area contributed by atoms with E-state index in [9.17, 15) is 4.79 Å². The minimum Gasteiger partial charge on any atom is -0.493 e. The first-order valence-electron chi connectivity index (χ1n) is 6.60. The molecular formula is C14H18N2O2. The van der Waals surface area contributed by atoms with Gasteiger partial charge in [0.25, 0.3) is 0 Å². The SMILES string of the molecule is O=C(Nc1ccc2c(c1)CCO2)[C@@H]1CCCNC1. The van der Waals surface area contributed by atoms with Crippen LogP contribution in [0.2, 0.25) is 0 Å². The van der Waals surface area contributed by atoms with E-state index in [2.05, 4.69) is 10.6 Å². The van der Waals surface area contributed by atoms with E-state index in [0.717, 1.165) is 50.4 Å². The highest BCUT2D eigenvalue weighted by molar-refractivity contribution is 5.93. The molecule has 2 aliphatic heterocycles. The van der Waals surface area contributed by atoms with E-state index in [4.69, 9.17) is 4.74 Å². The summed E-state index contributed by atoms with van der Waals surface area (Å²) in [5, 5.41) is 6.27. The smallest absolute Gasteiger partial charge is 0.228 e. The van der Waals surface area contributed by atoms with Crippen LogP contribution >= 0.6 is 0 Å². The van der Waals surface area contributed by atoms with Gasteiger partial charge in [-0.1, -0.05) is 0 Å². The number of amides is 1. The van der Waals surface area contributed by atoms with Crippen LogP contribution in [0.3, 0.4) is 0 Å². The Morgan fingerprint density at radius 2 is 2.39 bits per heavy atom. The molecule has 0 spiro atoms. The Bertz CT molecular complexity index is 453. The Morgan fingerprint density at radius 1 is 1.44 bits per heavy atom. The van der Waals surface area contributed by atoms with Crippen LogP contribution in [0, 0.1) is 5.92 Å². The van der Waals surface area contributed by atoms with E-state index < -0.39 is 0 Å². The molecule has 4 nitrogen and oxygen atoms in total. The van der Waals surface area contributed by atoms with Crippen molar-refractivity contribution < 1.29 is 9.53 Å². The number of hydrogen-bond acceptors (Lipinski definition) is 3. The lowest BCUT2D eigenvalue weighted by Gasteiger charge is -2.22. The second-order valence-electron chi connectivity index (χ2n) is 4.95. The molecule has 1 fully saturated rings. The molecule has 2 N–H and O–H groups in total. The maximum atomic E-state index is 12.1. The molecule has 0 aliphatic carbocycles. The molecule has 0 aromatic heterocycles. The Kier molecular flexibility index (Phi) is 3.19. The summed E-state index contributed by atoms with van der Waals surface area (Å²) in [6.45, 7) is 2.57. The Morgan fingerprint density at radius 3 is 3.22 bits per heavy atom. The van der Waals surface area contributed by atoms with Crippen LogP contribution in [0.4, 0.5) is 5.69 Å². The molecule has 1 atom stereocenters. The van der Waals surface area contributed by atoms with Crippen LogP contribution in [-0.2, 0) is 11.2 Å². The molecule has 18 heavy (non-hydrogen) atoms. The summed E-state index contributed by atoms with van der Waals surface area (Å²) in [6, 6.07) is 5.88. The van der Waals surface area contributed by atoms with E-state index in [0.29, 0.717) is 0 Å². The fourth-order valence-electron chi connectivity index (χ4n) is 2.58. The number of carbonyl (C=O) groups excluding carboxylic acids is 1. The molecule has 0 unspecified atom stereocenters. The molecule has 0 saturated carbocycles. The molecule has 1 amide bonds. The highest BCUT2D eigenvalue weighted by atomic mass is 16.5. The quantitative estimate of drug-likeness (QED) is 0.832. The van der Waals surface area contributed by atoms with Crippen LogP contribution in [0.1, 0.15) is 18.4 Å². The summed E-state index contributed by atoms with van der Waals surface area (Å²) in [7, 11) is 0. The number of piperidine rings is 1. The number of fused-ring (bicyclic) bond motifs is 1. The maximum absolute atomic E-state index is 12.1. The second kappa shape index (κ2) is 4.98. The van der Waals surface area contributed by atoms with Crippen LogP contribution in [0.25, 0.3) is 0 Å². The Balaban J connectivity index is 1.66. The van der Waals surface area contributed by atoms with E-state index in [1.54, 1.807) is 0 Å². The van der Waals surface area contributed by atoms with Crippen molar-refractivity contribution in [2.45, 2.75) is 19.3 Å². The summed E-state index contributed by atoms with van der Waals surface area (Å²) in [5.41, 5.74) is 2.07. The number of rotatable bonds is 2. The maximum Gasteiger partial charge on any atom is 0.228 e. The number of ether oxygens (including phenoxy) is 1. The Hall–Kier alpha value is -1.55. The molecule has 3 rings (SSSR count). The molecule has 1 aromatic rings. The highest BCUT2D eigenvalue weighted by Gasteiger charge is 2.21. The van der Waals surface area contributed by atoms with E-state index in [1.165, 1.54) is 5.56 Å². The van der Waals surface area contributed by atoms with Crippen molar-refractivity contribution in [3.05, 3.63) is 23.8 Å². The second-order valence-corrected chi connectivity index (χ2v) is 4.95. The third-order valence-corrected chi connectivity index (χ3v) is 3.62. The van der Waals surface area contributed by atoms with Gasteiger partial charge in [0.15, 0.2) is 0 Å². The zero-order chi connectivity index (χ0) is 12.4. The van der Waals surface area contributed by atoms with E-state index in [-0.39, 0.29) is 11.8 Å². The Labute approximate surface area is 107 Å². The molecular weight excluding hydrogens is 228 g/mol. The summed E-state index contributed by atoms with van der Waals surface area (Å²) in [5.74, 6) is 1.18. The van der Waals surface area contributed by atoms with Crippen LogP contribution < -0.4 is 15.4 Å². The first-order chi connectivity index (χ1) is 8.83. The van der Waals surface area contributed by atoms with Crippen molar-refractivity contribution >= 4 is 11.6 Å². The molecule has 96 valence electrons. The zero-order valence-electron chi connectivity index (χ0n) is 10.4. The van der Waals surface area contributed by atoms with Gasteiger partial charge in [-0.3, -0.25) is 4.79 Å². The van der Waals surface area contributed by atoms with Crippen molar-refractivity contribution in [1.82, 2.24) is 5.32 Å². The summed E-state index contributed by atoms with van der Waals surface area (Å²) >= 11 is 0. The highest BCUT2D eigenvalue weighted by Crippen LogP contribution is 2.28. The van der Waals surface area contributed by atoms with E-state index >= 15 is 0 Å². The van der Waals surface area contributed by atoms with Gasteiger partial charge in [0.1, 0.15) is 5.75 Å². The summed E-state index contributed by atoms with van der Waals surface area (Å²) in [6.07, 6.45) is 2.99. The number of anilines is 1. The molecule has 1 aromatic carbocycles. The van der Waals surface area contributed by atoms with E-state index in [1.807, 2.05) is 18.2 Å². The lowest BCUT2D eigenvalue weighted by Crippen LogP contribution is -2.37. The fourth-order valence-corrected chi connectivity index (χ4v) is 2.58. The number of benzene rings is 1. The van der Waals surface area contributed by atoms with Gasteiger partial charge in [0.05, 0.1) is 12.5 Å². The largest absolute Gasteiger partial charge is 0.493 e. The van der Waals surface area contributed by atoms with Crippen molar-refractivity contribution in [3.63, 3.8) is 0 Å². The molecule has 2 aliphatic rings. The molecule has 1 saturated heterocycles. The summed E-state index contributed by atoms with van der Waals surface area (Å²) < 4.78 is 5.45. The first-order valence-corrected chi connectivity index (χ1v) is 6.60. The van der Waals surface area contributed by atoms with Gasteiger partial charge in [-0.15, -0.1) is 0 Å². The van der Waals surface area contributed by atoms with Crippen molar-refractivity contribution in [2.75, 3.05) is 25.0 Å². The third-order valence-electron chi connectivity index (χ3n) is 3.62. The molecule has 0 radical (unpaired) electrons. The van der Waals surface area contributed by atoms with Gasteiger partial charge < -0.3 is 15.4 Å². The average molecular weight is 246 g/mol. The van der Waals surface area contributed by atoms with Gasteiger partial charge in [-0.2, -0.15) is 0 Å². The topological polar surface area (TPSA) is 50.4 Å². The van der Waals surface area contributed by atoms with Gasteiger partial charge in [0, 0.05) is 18.7 Å². The van der Waals surface area contributed by atoms with Crippen molar-refractivity contribution in [2.24, 2.45) is 5.92 Å². The zero-order valence-corrected chi connectivity index (χ0v) is 10.4. The molecule has 0 bridgehead atoms. The molecule has 2 heterocycles. The van der Waals surface area contributed by atoms with Crippen molar-refractivity contribution in [1.29, 1.82) is 0 Å². The van der Waals surface area contributed by atoms with Gasteiger partial charge in [0.2, 0.25) is 5.91 Å². The molecule has 4 heteroatoms. The van der Waals surface area contributed by atoms with Crippen LogP contribution in [-0.4, -0.2) is 25.6 Å². The number of nitrogens with one attached hydrogen (secondary N) is 2. The van der Waals surface area contributed by atoms with Gasteiger partial charge in [-0.05, 0) is 43.1 Å². The monoisotopic (exact) mass is 246 g/mol. The number of carbonyl (C=O) groups is 1. The van der Waals surface area contributed by atoms with Crippen LogP contribution in [0.15, 0.2) is 18.2 Å². The van der Waals surface area contributed by atoms with Gasteiger partial charge in [-0.25, -0.2) is 0 Å². The lowest BCUT2D eigenvalue weighted by atomic mass is 9.98. The minimum absolute atomic E-state index is 0.100. The predicted molar refractivity (Wildman–Crippen MR) is 69.9 cm³/mol. The minimum atomic E-state index is 0.100. The fraction of sp³-hybridized carbons (Fsp3) is 0.500. The number of hydrogen-bond donors (Lipinski definition) is 2. The first kappa shape index (κ1) is 11.5. The average Bonchev–Trinajstić information content (AvgIpc) is 2.87. The predicted octanol–water partition coefficient (Wildman–Crippen LogP) is 1.56. The summed E-state index contributed by atoms with van der Waals surface area (Å²) in [4.78, 5) is 12.1. The standard InChI is InChI=1S/C14H18N2O2/c17-14(11-2-1-6-15-9-11)16-12-3-4-13-10(8-12)5-7-18-13/h3-4,8,11,15H,1-2,5-7,9H2,(H,16,17)/t11-/m1/s1. The van der Waals surface area contributed by atoms with Crippen LogP contribution in [0.5, 0.6) is 5.75 Å².